The van der Waals surface area contributed by atoms with Gasteiger partial charge in [-0.2, -0.15) is 0 Å². The number of aliphatic hydroxyl groups excluding tert-OH is 2. The molecule has 0 fully saturated rings. The lowest BCUT2D eigenvalue weighted by atomic mass is 10.0. The van der Waals surface area contributed by atoms with Crippen LogP contribution < -0.4 is 5.32 Å². The molecule has 0 aromatic carbocycles. The van der Waals surface area contributed by atoms with Gasteiger partial charge in [0.2, 0.25) is 5.91 Å². The number of esters is 1. The number of amides is 1. The van der Waals surface area contributed by atoms with E-state index in [1.165, 1.54) is 141 Å². The predicted molar refractivity (Wildman–Crippen MR) is 250 cm³/mol. The molecule has 0 spiro atoms. The molecule has 0 saturated heterocycles. The van der Waals surface area contributed by atoms with E-state index in [1.807, 2.05) is 0 Å². The van der Waals surface area contributed by atoms with Crippen LogP contribution in [0.15, 0.2) is 36.5 Å². The maximum atomic E-state index is 12.4. The minimum absolute atomic E-state index is 0.0284. The Morgan fingerprint density at radius 3 is 1.41 bits per heavy atom. The van der Waals surface area contributed by atoms with Gasteiger partial charge in [-0.1, -0.05) is 204 Å². The summed E-state index contributed by atoms with van der Waals surface area (Å²) in [5.74, 6) is -0.0945. The third-order valence-corrected chi connectivity index (χ3v) is 11.4. The Kier molecular flexibility index (Phi) is 46.2. The molecular weight excluding hydrogens is 719 g/mol. The second kappa shape index (κ2) is 47.8. The Morgan fingerprint density at radius 2 is 0.897 bits per heavy atom. The molecule has 2 unspecified atom stereocenters. The van der Waals surface area contributed by atoms with Crippen LogP contribution in [0.5, 0.6) is 0 Å². The van der Waals surface area contributed by atoms with Crippen LogP contribution in [0, 0.1) is 0 Å². The van der Waals surface area contributed by atoms with E-state index in [9.17, 15) is 19.8 Å². The molecule has 0 aliphatic carbocycles. The number of rotatable bonds is 46. The predicted octanol–water partition coefficient (Wildman–Crippen LogP) is 14.9. The van der Waals surface area contributed by atoms with Gasteiger partial charge in [0.25, 0.3) is 0 Å². The highest BCUT2D eigenvalue weighted by molar-refractivity contribution is 5.76. The van der Waals surface area contributed by atoms with Crippen molar-refractivity contribution in [3.63, 3.8) is 0 Å². The van der Waals surface area contributed by atoms with Crippen LogP contribution in [0.3, 0.4) is 0 Å². The molecule has 0 aromatic rings. The van der Waals surface area contributed by atoms with E-state index < -0.39 is 12.1 Å². The molecule has 340 valence electrons. The fourth-order valence-electron chi connectivity index (χ4n) is 7.49. The molecule has 6 nitrogen and oxygen atoms in total. The van der Waals surface area contributed by atoms with E-state index in [-0.39, 0.29) is 18.5 Å². The van der Waals surface area contributed by atoms with Gasteiger partial charge in [-0.3, -0.25) is 9.59 Å². The zero-order chi connectivity index (χ0) is 42.3. The summed E-state index contributed by atoms with van der Waals surface area (Å²) in [5.41, 5.74) is 0. The molecule has 0 saturated carbocycles. The van der Waals surface area contributed by atoms with Gasteiger partial charge in [0, 0.05) is 12.8 Å². The van der Waals surface area contributed by atoms with E-state index in [4.69, 9.17) is 4.74 Å². The fraction of sp³-hybridized carbons (Fsp3) is 0.846. The summed E-state index contributed by atoms with van der Waals surface area (Å²) in [7, 11) is 0. The maximum Gasteiger partial charge on any atom is 0.305 e. The van der Waals surface area contributed by atoms with Crippen LogP contribution in [0.4, 0.5) is 0 Å². The first-order valence-corrected chi connectivity index (χ1v) is 25.2. The molecule has 3 N–H and O–H groups in total. The summed E-state index contributed by atoms with van der Waals surface area (Å²) in [6, 6.07) is -0.562. The number of carbonyl (C=O) groups is 2. The zero-order valence-electron chi connectivity index (χ0n) is 38.5. The molecule has 0 aromatic heterocycles. The Labute approximate surface area is 360 Å². The largest absolute Gasteiger partial charge is 0.466 e. The third kappa shape index (κ3) is 43.7. The van der Waals surface area contributed by atoms with Crippen molar-refractivity contribution in [1.82, 2.24) is 5.32 Å². The van der Waals surface area contributed by atoms with Crippen molar-refractivity contribution >= 4 is 11.9 Å². The highest BCUT2D eigenvalue weighted by Crippen LogP contribution is 2.16. The molecule has 1 amide bonds. The summed E-state index contributed by atoms with van der Waals surface area (Å²) in [5, 5.41) is 23.2. The molecule has 0 aliphatic rings. The second-order valence-electron chi connectivity index (χ2n) is 17.1. The molecule has 6 heteroatoms. The highest BCUT2D eigenvalue weighted by Gasteiger charge is 2.20. The number of unbranched alkanes of at least 4 members (excludes halogenated alkanes) is 29. The Bertz CT molecular complexity index is 946. The molecule has 2 atom stereocenters. The number of hydrogen-bond acceptors (Lipinski definition) is 5. The van der Waals surface area contributed by atoms with Crippen LogP contribution in [-0.4, -0.2) is 47.4 Å². The lowest BCUT2D eigenvalue weighted by molar-refractivity contribution is -0.143. The van der Waals surface area contributed by atoms with E-state index in [1.54, 1.807) is 0 Å². The highest BCUT2D eigenvalue weighted by atomic mass is 16.5. The number of aliphatic hydroxyl groups is 2. The minimum Gasteiger partial charge on any atom is -0.466 e. The van der Waals surface area contributed by atoms with E-state index in [0.29, 0.717) is 25.9 Å². The van der Waals surface area contributed by atoms with Crippen molar-refractivity contribution in [3.05, 3.63) is 36.5 Å². The van der Waals surface area contributed by atoms with Crippen molar-refractivity contribution < 1.29 is 24.5 Å². The van der Waals surface area contributed by atoms with E-state index in [0.717, 1.165) is 83.5 Å². The van der Waals surface area contributed by atoms with Crippen LogP contribution in [-0.2, 0) is 14.3 Å². The summed E-state index contributed by atoms with van der Waals surface area (Å²) >= 11 is 0. The minimum atomic E-state index is -0.682. The van der Waals surface area contributed by atoms with Gasteiger partial charge in [-0.15, -0.1) is 0 Å². The van der Waals surface area contributed by atoms with Crippen LogP contribution in [0.25, 0.3) is 0 Å². The summed E-state index contributed by atoms with van der Waals surface area (Å²) in [6.07, 6.45) is 56.8. The number of allylic oxidation sites excluding steroid dienone is 6. The lowest BCUT2D eigenvalue weighted by Gasteiger charge is -2.22. The molecule has 0 bridgehead atoms. The lowest BCUT2D eigenvalue weighted by Crippen LogP contribution is -2.45. The standard InChI is InChI=1S/C52H97NO5/c1-3-5-7-9-11-13-15-17-18-21-24-28-32-36-40-44-50(55)49(48-54)53-51(56)45-41-37-33-29-25-22-19-23-27-31-35-39-43-47-58-52(57)46-42-38-34-30-26-20-16-14-12-10-8-6-4-2/h8,10,14,16,22,25,49-50,54-55H,3-7,9,11-13,15,17-21,23-24,26-48H2,1-2H3,(H,53,56)/b10-8-,16-14-,25-22-. The van der Waals surface area contributed by atoms with Crippen LogP contribution in [0.1, 0.15) is 258 Å². The molecule has 0 radical (unpaired) electrons. The Hall–Kier alpha value is -1.92. The van der Waals surface area contributed by atoms with E-state index >= 15 is 0 Å². The monoisotopic (exact) mass is 816 g/mol. The van der Waals surface area contributed by atoms with Crippen molar-refractivity contribution in [3.8, 4) is 0 Å². The number of ether oxygens (including phenoxy) is 1. The molecule has 58 heavy (non-hydrogen) atoms. The molecule has 0 rings (SSSR count). The smallest absolute Gasteiger partial charge is 0.305 e. The van der Waals surface area contributed by atoms with Gasteiger partial charge >= 0.3 is 5.97 Å². The molecule has 0 aliphatic heterocycles. The van der Waals surface area contributed by atoms with Crippen molar-refractivity contribution in [1.29, 1.82) is 0 Å². The van der Waals surface area contributed by atoms with Crippen molar-refractivity contribution in [2.75, 3.05) is 13.2 Å². The first-order valence-electron chi connectivity index (χ1n) is 25.2. The second-order valence-corrected chi connectivity index (χ2v) is 17.1. The quantitative estimate of drug-likeness (QED) is 0.0323. The number of carbonyl (C=O) groups excluding carboxylic acids is 2. The number of hydrogen-bond donors (Lipinski definition) is 3. The average Bonchev–Trinajstić information content (AvgIpc) is 3.22. The van der Waals surface area contributed by atoms with E-state index in [2.05, 4.69) is 55.6 Å². The van der Waals surface area contributed by atoms with Crippen molar-refractivity contribution in [2.45, 2.75) is 270 Å². The summed E-state index contributed by atoms with van der Waals surface area (Å²) in [4.78, 5) is 24.4. The normalized spacial score (nSPS) is 13.0. The Morgan fingerprint density at radius 1 is 0.483 bits per heavy atom. The van der Waals surface area contributed by atoms with Crippen LogP contribution >= 0.6 is 0 Å². The number of nitrogens with one attached hydrogen (secondary N) is 1. The van der Waals surface area contributed by atoms with Gasteiger partial charge in [0.15, 0.2) is 0 Å². The third-order valence-electron chi connectivity index (χ3n) is 11.4. The zero-order valence-corrected chi connectivity index (χ0v) is 38.5. The molecular formula is C52H97NO5. The topological polar surface area (TPSA) is 95.9 Å². The van der Waals surface area contributed by atoms with Gasteiger partial charge in [-0.05, 0) is 77.0 Å². The fourth-order valence-corrected chi connectivity index (χ4v) is 7.49. The maximum absolute atomic E-state index is 12.4. The molecule has 0 heterocycles. The van der Waals surface area contributed by atoms with Crippen molar-refractivity contribution in [2.24, 2.45) is 0 Å². The average molecular weight is 816 g/mol. The Balaban J connectivity index is 3.52. The van der Waals surface area contributed by atoms with Gasteiger partial charge in [0.05, 0.1) is 25.4 Å². The first kappa shape index (κ1) is 56.1. The van der Waals surface area contributed by atoms with Crippen LogP contribution in [0.2, 0.25) is 0 Å². The van der Waals surface area contributed by atoms with Gasteiger partial charge < -0.3 is 20.3 Å². The summed E-state index contributed by atoms with van der Waals surface area (Å²) in [6.45, 7) is 4.83. The van der Waals surface area contributed by atoms with Gasteiger partial charge in [-0.25, -0.2) is 0 Å². The first-order chi connectivity index (χ1) is 28.5. The van der Waals surface area contributed by atoms with Gasteiger partial charge in [0.1, 0.15) is 0 Å². The SMILES string of the molecule is CCC/C=C\C/C=C\CCCCCCCC(=O)OCCCCCCCC/C=C\CCCCCC(=O)NC(CO)C(O)CCCCCCCCCCCCCCCCC. The summed E-state index contributed by atoms with van der Waals surface area (Å²) < 4.78 is 5.44.